The fourth-order valence-corrected chi connectivity index (χ4v) is 4.16. The van der Waals surface area contributed by atoms with Gasteiger partial charge in [-0.05, 0) is 12.5 Å². The van der Waals surface area contributed by atoms with Crippen LogP contribution in [-0.4, -0.2) is 42.1 Å². The van der Waals surface area contributed by atoms with E-state index in [0.29, 0.717) is 29.3 Å². The number of hydrogen-bond acceptors (Lipinski definition) is 7. The van der Waals surface area contributed by atoms with Crippen LogP contribution in [0.3, 0.4) is 0 Å². The fourth-order valence-electron chi connectivity index (χ4n) is 2.13. The molecule has 1 aromatic carbocycles. The zero-order valence-corrected chi connectivity index (χ0v) is 15.8. The van der Waals surface area contributed by atoms with E-state index in [2.05, 4.69) is 15.5 Å². The summed E-state index contributed by atoms with van der Waals surface area (Å²) in [6.07, 6.45) is 0.780. The minimum Gasteiger partial charge on any atom is -0.410 e. The van der Waals surface area contributed by atoms with Crippen molar-refractivity contribution in [3.05, 3.63) is 29.3 Å². The zero-order chi connectivity index (χ0) is 17.6. The fraction of sp³-hybridized carbons (Fsp3) is 0.312. The van der Waals surface area contributed by atoms with Crippen LogP contribution in [0.25, 0.3) is 20.9 Å². The van der Waals surface area contributed by atoms with Crippen molar-refractivity contribution in [2.24, 2.45) is 0 Å². The number of carbonyl (C=O) groups excluding carboxylic acids is 1. The number of aromatic nitrogens is 2. The normalized spacial score (nSPS) is 11.1. The lowest BCUT2D eigenvalue weighted by molar-refractivity contribution is -0.118. The number of nitrogens with one attached hydrogen (secondary N) is 1. The minimum atomic E-state index is -0.0826. The Morgan fingerprint density at radius 3 is 3.04 bits per heavy atom. The van der Waals surface area contributed by atoms with Crippen molar-refractivity contribution in [1.29, 1.82) is 0 Å². The van der Waals surface area contributed by atoms with Crippen molar-refractivity contribution in [3.8, 4) is 10.8 Å². The van der Waals surface area contributed by atoms with E-state index in [9.17, 15) is 4.79 Å². The third kappa shape index (κ3) is 4.52. The van der Waals surface area contributed by atoms with E-state index >= 15 is 0 Å². The molecule has 9 heteroatoms. The highest BCUT2D eigenvalue weighted by Gasteiger charge is 2.18. The van der Waals surface area contributed by atoms with Crippen LogP contribution in [0.4, 0.5) is 0 Å². The smallest absolute Gasteiger partial charge is 0.277 e. The molecule has 1 N–H and O–H groups in total. The van der Waals surface area contributed by atoms with Crippen LogP contribution in [-0.2, 0) is 9.53 Å². The number of amides is 1. The summed E-state index contributed by atoms with van der Waals surface area (Å²) in [6, 6.07) is 7.84. The Kier molecular flexibility index (Phi) is 6.30. The molecule has 0 aliphatic carbocycles. The summed E-state index contributed by atoms with van der Waals surface area (Å²) in [6.45, 7) is 1.20. The highest BCUT2D eigenvalue weighted by atomic mass is 35.5. The van der Waals surface area contributed by atoms with E-state index in [4.69, 9.17) is 20.8 Å². The second kappa shape index (κ2) is 8.66. The third-order valence-corrected chi connectivity index (χ3v) is 5.79. The molecule has 0 atom stereocenters. The molecule has 6 nitrogen and oxygen atoms in total. The predicted molar refractivity (Wildman–Crippen MR) is 100 cm³/mol. The van der Waals surface area contributed by atoms with Gasteiger partial charge in [-0.2, -0.15) is 0 Å². The van der Waals surface area contributed by atoms with Crippen LogP contribution in [0, 0.1) is 0 Å². The van der Waals surface area contributed by atoms with Gasteiger partial charge in [-0.1, -0.05) is 41.6 Å². The van der Waals surface area contributed by atoms with Crippen LogP contribution >= 0.6 is 34.7 Å². The first-order valence-electron chi connectivity index (χ1n) is 7.58. The lowest BCUT2D eigenvalue weighted by atomic mass is 10.2. The number of methoxy groups -OCH3 is 1. The molecule has 0 fully saturated rings. The Morgan fingerprint density at radius 1 is 1.40 bits per heavy atom. The van der Waals surface area contributed by atoms with Gasteiger partial charge in [0.25, 0.3) is 11.1 Å². The van der Waals surface area contributed by atoms with Gasteiger partial charge in [0.15, 0.2) is 0 Å². The van der Waals surface area contributed by atoms with Crippen molar-refractivity contribution in [3.63, 3.8) is 0 Å². The summed E-state index contributed by atoms with van der Waals surface area (Å²) in [7, 11) is 1.63. The molecule has 0 aliphatic rings. The Labute approximate surface area is 157 Å². The number of fused-ring (bicyclic) bond motifs is 1. The SMILES string of the molecule is COCCCNC(=O)CSc1nnc(-c2sc3ccccc3c2Cl)o1. The molecule has 132 valence electrons. The van der Waals surface area contributed by atoms with Crippen LogP contribution < -0.4 is 5.32 Å². The first kappa shape index (κ1) is 18.2. The molecule has 0 saturated carbocycles. The minimum absolute atomic E-state index is 0.0826. The maximum atomic E-state index is 11.7. The molecule has 0 saturated heterocycles. The number of thioether (sulfide) groups is 1. The van der Waals surface area contributed by atoms with Gasteiger partial charge < -0.3 is 14.5 Å². The maximum absolute atomic E-state index is 11.7. The van der Waals surface area contributed by atoms with Gasteiger partial charge in [-0.25, -0.2) is 0 Å². The van der Waals surface area contributed by atoms with Gasteiger partial charge >= 0.3 is 0 Å². The average molecular weight is 398 g/mol. The van der Waals surface area contributed by atoms with Gasteiger partial charge in [0.05, 0.1) is 10.8 Å². The van der Waals surface area contributed by atoms with E-state index in [1.165, 1.54) is 23.1 Å². The van der Waals surface area contributed by atoms with Gasteiger partial charge in [0.1, 0.15) is 4.88 Å². The highest BCUT2D eigenvalue weighted by molar-refractivity contribution is 7.99. The third-order valence-electron chi connectivity index (χ3n) is 3.31. The summed E-state index contributed by atoms with van der Waals surface area (Å²) >= 11 is 9.11. The standard InChI is InChI=1S/C16H16ClN3O3S2/c1-22-8-4-7-18-12(21)9-24-16-20-19-15(23-16)14-13(17)10-5-2-3-6-11(10)25-14/h2-3,5-6H,4,7-9H2,1H3,(H,18,21). The second-order valence-electron chi connectivity index (χ2n) is 5.10. The molecule has 25 heavy (non-hydrogen) atoms. The molecular weight excluding hydrogens is 382 g/mol. The van der Waals surface area contributed by atoms with Crippen molar-refractivity contribution in [1.82, 2.24) is 15.5 Å². The molecule has 2 aromatic heterocycles. The summed E-state index contributed by atoms with van der Waals surface area (Å²) < 4.78 is 11.6. The molecule has 3 aromatic rings. The Bertz CT molecular complexity index is 865. The maximum Gasteiger partial charge on any atom is 0.277 e. The molecule has 3 rings (SSSR count). The molecule has 0 aliphatic heterocycles. The Balaban J connectivity index is 1.60. The first-order valence-corrected chi connectivity index (χ1v) is 9.76. The van der Waals surface area contributed by atoms with Crippen LogP contribution in [0.2, 0.25) is 5.02 Å². The molecule has 0 bridgehead atoms. The Morgan fingerprint density at radius 2 is 2.24 bits per heavy atom. The molecule has 0 spiro atoms. The topological polar surface area (TPSA) is 77.2 Å². The number of ether oxygens (including phenoxy) is 1. The van der Waals surface area contributed by atoms with E-state index < -0.39 is 0 Å². The molecule has 0 unspecified atom stereocenters. The van der Waals surface area contributed by atoms with Crippen LogP contribution in [0.15, 0.2) is 33.9 Å². The summed E-state index contributed by atoms with van der Waals surface area (Å²) in [5, 5.41) is 12.7. The van der Waals surface area contributed by atoms with E-state index in [0.717, 1.165) is 21.4 Å². The largest absolute Gasteiger partial charge is 0.410 e. The van der Waals surface area contributed by atoms with Gasteiger partial charge in [0, 0.05) is 30.3 Å². The lowest BCUT2D eigenvalue weighted by Gasteiger charge is -2.02. The molecule has 2 heterocycles. The lowest BCUT2D eigenvalue weighted by Crippen LogP contribution is -2.26. The first-order chi connectivity index (χ1) is 12.2. The highest BCUT2D eigenvalue weighted by Crippen LogP contribution is 2.41. The van der Waals surface area contributed by atoms with Gasteiger partial charge in [-0.15, -0.1) is 21.5 Å². The average Bonchev–Trinajstić information content (AvgIpc) is 3.22. The number of rotatable bonds is 8. The number of carbonyl (C=O) groups is 1. The quantitative estimate of drug-likeness (QED) is 0.459. The number of hydrogen-bond donors (Lipinski definition) is 1. The van der Waals surface area contributed by atoms with Crippen LogP contribution in [0.5, 0.6) is 0 Å². The van der Waals surface area contributed by atoms with Crippen molar-refractivity contribution >= 4 is 50.7 Å². The van der Waals surface area contributed by atoms with Crippen LogP contribution in [0.1, 0.15) is 6.42 Å². The number of thiophene rings is 1. The molecule has 0 radical (unpaired) electrons. The second-order valence-corrected chi connectivity index (χ2v) is 7.46. The summed E-state index contributed by atoms with van der Waals surface area (Å²) in [5.41, 5.74) is 0. The van der Waals surface area contributed by atoms with Crippen molar-refractivity contribution in [2.75, 3.05) is 26.0 Å². The zero-order valence-electron chi connectivity index (χ0n) is 13.5. The monoisotopic (exact) mass is 397 g/mol. The number of halogens is 1. The summed E-state index contributed by atoms with van der Waals surface area (Å²) in [4.78, 5) is 12.5. The summed E-state index contributed by atoms with van der Waals surface area (Å²) in [5.74, 6) is 0.504. The van der Waals surface area contributed by atoms with Gasteiger partial charge in [0.2, 0.25) is 5.91 Å². The van der Waals surface area contributed by atoms with Crippen molar-refractivity contribution in [2.45, 2.75) is 11.6 Å². The van der Waals surface area contributed by atoms with E-state index in [1.54, 1.807) is 7.11 Å². The van der Waals surface area contributed by atoms with Crippen molar-refractivity contribution < 1.29 is 13.9 Å². The number of benzene rings is 1. The molecular formula is C16H16ClN3O3S2. The predicted octanol–water partition coefficient (Wildman–Crippen LogP) is 3.85. The van der Waals surface area contributed by atoms with Gasteiger partial charge in [-0.3, -0.25) is 4.79 Å². The Hall–Kier alpha value is -1.61. The molecule has 1 amide bonds. The van der Waals surface area contributed by atoms with E-state index in [1.807, 2.05) is 24.3 Å². The number of nitrogens with zero attached hydrogens (tertiary/aromatic N) is 2. The van der Waals surface area contributed by atoms with E-state index in [-0.39, 0.29) is 11.7 Å².